The van der Waals surface area contributed by atoms with Crippen LogP contribution in [0.25, 0.3) is 11.3 Å². The molecule has 1 aromatic carbocycles. The van der Waals surface area contributed by atoms with Crippen LogP contribution in [0.3, 0.4) is 0 Å². The molecule has 0 unspecified atom stereocenters. The van der Waals surface area contributed by atoms with E-state index in [-0.39, 0.29) is 28.5 Å². The molecule has 2 heterocycles. The van der Waals surface area contributed by atoms with Crippen LogP contribution < -0.4 is 0 Å². The van der Waals surface area contributed by atoms with Crippen LogP contribution in [0.2, 0.25) is 10.0 Å². The zero-order valence-electron chi connectivity index (χ0n) is 14.6. The Morgan fingerprint density at radius 1 is 1.21 bits per heavy atom. The first-order chi connectivity index (χ1) is 13.8. The lowest BCUT2D eigenvalue weighted by Gasteiger charge is -2.22. The van der Waals surface area contributed by atoms with Crippen molar-refractivity contribution in [1.29, 1.82) is 5.26 Å². The molecule has 0 radical (unpaired) electrons. The number of hydrogen-bond donors (Lipinski definition) is 0. The number of rotatable bonds is 3. The van der Waals surface area contributed by atoms with E-state index in [4.69, 9.17) is 27.6 Å². The van der Waals surface area contributed by atoms with Gasteiger partial charge in [-0.2, -0.15) is 18.4 Å². The Labute approximate surface area is 178 Å². The number of halogens is 5. The minimum absolute atomic E-state index is 0.0126. The molecule has 0 fully saturated rings. The third kappa shape index (κ3) is 3.73. The van der Waals surface area contributed by atoms with Gasteiger partial charge in [0.25, 0.3) is 0 Å². The predicted octanol–water partition coefficient (Wildman–Crippen LogP) is 6.93. The normalized spacial score (nSPS) is 13.0. The van der Waals surface area contributed by atoms with Crippen LogP contribution in [0.1, 0.15) is 28.0 Å². The van der Waals surface area contributed by atoms with E-state index in [9.17, 15) is 18.4 Å². The molecule has 3 aromatic rings. The maximum Gasteiger partial charge on any atom is 0.418 e. The fourth-order valence-corrected chi connectivity index (χ4v) is 4.90. The number of thioether (sulfide) groups is 1. The molecule has 0 aliphatic heterocycles. The molecule has 0 bridgehead atoms. The third-order valence-electron chi connectivity index (χ3n) is 4.64. The Bertz CT molecular complexity index is 1150. The SMILES string of the molecule is N#Cc1c(SCc2ccc(Cl)cc2Cl)nc2c(c1C(F)(F)F)CCc1occc1-2. The molecule has 3 nitrogen and oxygen atoms in total. The average Bonchev–Trinajstić information content (AvgIpc) is 3.14. The molecule has 148 valence electrons. The molecule has 0 saturated carbocycles. The molecule has 9 heteroatoms. The molecule has 29 heavy (non-hydrogen) atoms. The molecular weight excluding hydrogens is 444 g/mol. The number of fused-ring (bicyclic) bond motifs is 3. The molecule has 0 N–H and O–H groups in total. The van der Waals surface area contributed by atoms with E-state index >= 15 is 0 Å². The van der Waals surface area contributed by atoms with Crippen molar-refractivity contribution < 1.29 is 17.6 Å². The van der Waals surface area contributed by atoms with E-state index < -0.39 is 17.3 Å². The van der Waals surface area contributed by atoms with E-state index in [1.165, 1.54) is 6.26 Å². The second-order valence-electron chi connectivity index (χ2n) is 6.39. The molecule has 1 aliphatic carbocycles. The van der Waals surface area contributed by atoms with Crippen LogP contribution >= 0.6 is 35.0 Å². The molecule has 0 amide bonds. The number of nitrogens with zero attached hydrogens (tertiary/aromatic N) is 2. The highest BCUT2D eigenvalue weighted by atomic mass is 35.5. The van der Waals surface area contributed by atoms with Crippen molar-refractivity contribution >= 4 is 35.0 Å². The van der Waals surface area contributed by atoms with Crippen molar-refractivity contribution in [2.45, 2.75) is 29.8 Å². The lowest BCUT2D eigenvalue weighted by Crippen LogP contribution is -2.18. The summed E-state index contributed by atoms with van der Waals surface area (Å²) in [5.41, 5.74) is 0.0994. The lowest BCUT2D eigenvalue weighted by atomic mass is 9.89. The van der Waals surface area contributed by atoms with Gasteiger partial charge in [-0.25, -0.2) is 4.98 Å². The van der Waals surface area contributed by atoms with Crippen molar-refractivity contribution in [1.82, 2.24) is 4.98 Å². The molecule has 0 saturated heterocycles. The molecule has 0 spiro atoms. The Morgan fingerprint density at radius 2 is 2.00 bits per heavy atom. The Kier molecular flexibility index (Phi) is 5.28. The summed E-state index contributed by atoms with van der Waals surface area (Å²) in [6.07, 6.45) is -2.79. The number of hydrogen-bond acceptors (Lipinski definition) is 4. The molecule has 4 rings (SSSR count). The number of pyridine rings is 1. The van der Waals surface area contributed by atoms with Crippen molar-refractivity contribution in [2.24, 2.45) is 0 Å². The molecule has 2 aromatic heterocycles. The van der Waals surface area contributed by atoms with Crippen LogP contribution in [0.4, 0.5) is 13.2 Å². The van der Waals surface area contributed by atoms with Gasteiger partial charge in [-0.3, -0.25) is 0 Å². The van der Waals surface area contributed by atoms with Gasteiger partial charge in [0.15, 0.2) is 0 Å². The van der Waals surface area contributed by atoms with Gasteiger partial charge in [-0.05, 0) is 35.7 Å². The van der Waals surface area contributed by atoms with Crippen molar-refractivity contribution in [3.05, 3.63) is 68.6 Å². The maximum atomic E-state index is 13.9. The summed E-state index contributed by atoms with van der Waals surface area (Å²) in [5, 5.41) is 10.4. The summed E-state index contributed by atoms with van der Waals surface area (Å²) >= 11 is 13.1. The van der Waals surface area contributed by atoms with E-state index in [2.05, 4.69) is 4.98 Å². The van der Waals surface area contributed by atoms with Gasteiger partial charge in [0.1, 0.15) is 16.9 Å². The number of furan rings is 1. The van der Waals surface area contributed by atoms with Gasteiger partial charge in [0.2, 0.25) is 0 Å². The zero-order valence-corrected chi connectivity index (χ0v) is 16.9. The van der Waals surface area contributed by atoms with Gasteiger partial charge in [-0.15, -0.1) is 11.8 Å². The first-order valence-electron chi connectivity index (χ1n) is 8.47. The Hall–Kier alpha value is -2.14. The second kappa shape index (κ2) is 7.60. The van der Waals surface area contributed by atoms with Crippen LogP contribution in [-0.2, 0) is 24.8 Å². The first kappa shape index (κ1) is 20.1. The van der Waals surface area contributed by atoms with Gasteiger partial charge < -0.3 is 4.42 Å². The third-order valence-corrected chi connectivity index (χ3v) is 6.25. The van der Waals surface area contributed by atoms with Gasteiger partial charge in [-0.1, -0.05) is 29.3 Å². The van der Waals surface area contributed by atoms with E-state index in [1.807, 2.05) is 0 Å². The number of nitriles is 1. The molecular formula is C20H11Cl2F3N2OS. The fraction of sp³-hybridized carbons (Fsp3) is 0.200. The van der Waals surface area contributed by atoms with Gasteiger partial charge in [0, 0.05) is 27.8 Å². The number of aryl methyl sites for hydroxylation is 1. The van der Waals surface area contributed by atoms with Crippen LogP contribution in [-0.4, -0.2) is 4.98 Å². The summed E-state index contributed by atoms with van der Waals surface area (Å²) < 4.78 is 47.2. The second-order valence-corrected chi connectivity index (χ2v) is 8.19. The topological polar surface area (TPSA) is 49.8 Å². The van der Waals surface area contributed by atoms with E-state index in [0.29, 0.717) is 33.4 Å². The van der Waals surface area contributed by atoms with E-state index in [0.717, 1.165) is 11.8 Å². The standard InChI is InChI=1S/C20H11Cl2F3N2OS/c21-11-2-1-10(15(22)7-11)9-29-19-14(8-26)17(20(23,24)25)13-3-4-16-12(5-6-28-16)18(13)27-19/h1-2,5-7H,3-4,9H2. The highest BCUT2D eigenvalue weighted by Gasteiger charge is 2.41. The number of benzene rings is 1. The van der Waals surface area contributed by atoms with Gasteiger partial charge in [0.05, 0.1) is 23.1 Å². The monoisotopic (exact) mass is 454 g/mol. The van der Waals surface area contributed by atoms with Crippen molar-refractivity contribution in [2.75, 3.05) is 0 Å². The minimum atomic E-state index is -4.67. The lowest BCUT2D eigenvalue weighted by molar-refractivity contribution is -0.138. The summed E-state index contributed by atoms with van der Waals surface area (Å²) in [4.78, 5) is 4.45. The summed E-state index contributed by atoms with van der Waals surface area (Å²) in [7, 11) is 0. The van der Waals surface area contributed by atoms with Crippen molar-refractivity contribution in [3.8, 4) is 17.3 Å². The maximum absolute atomic E-state index is 13.9. The van der Waals surface area contributed by atoms with Crippen LogP contribution in [0.15, 0.2) is 40.0 Å². The quantitative estimate of drug-likeness (QED) is 0.402. The first-order valence-corrected chi connectivity index (χ1v) is 10.2. The van der Waals surface area contributed by atoms with Gasteiger partial charge >= 0.3 is 6.18 Å². The van der Waals surface area contributed by atoms with E-state index in [1.54, 1.807) is 30.3 Å². The summed E-state index contributed by atoms with van der Waals surface area (Å²) in [6.45, 7) is 0. The van der Waals surface area contributed by atoms with Crippen LogP contribution in [0, 0.1) is 11.3 Å². The number of aromatic nitrogens is 1. The highest BCUT2D eigenvalue weighted by molar-refractivity contribution is 7.98. The van der Waals surface area contributed by atoms with Crippen LogP contribution in [0.5, 0.6) is 0 Å². The van der Waals surface area contributed by atoms with Crippen molar-refractivity contribution in [3.63, 3.8) is 0 Å². The predicted molar refractivity (Wildman–Crippen MR) is 105 cm³/mol. The minimum Gasteiger partial charge on any atom is -0.469 e. The fourth-order valence-electron chi connectivity index (χ4n) is 3.36. The Morgan fingerprint density at radius 3 is 2.69 bits per heavy atom. The number of alkyl halides is 3. The average molecular weight is 455 g/mol. The highest BCUT2D eigenvalue weighted by Crippen LogP contribution is 2.45. The zero-order chi connectivity index (χ0) is 20.8. The summed E-state index contributed by atoms with van der Waals surface area (Å²) in [6, 6.07) is 8.23. The Balaban J connectivity index is 1.84. The largest absolute Gasteiger partial charge is 0.469 e. The smallest absolute Gasteiger partial charge is 0.418 e. The summed E-state index contributed by atoms with van der Waals surface area (Å²) in [5.74, 6) is 0.839. The molecule has 1 aliphatic rings. The molecule has 0 atom stereocenters.